The minimum Gasteiger partial charge on any atom is -0.394 e. The highest BCUT2D eigenvalue weighted by Crippen LogP contribution is 2.51. The normalized spacial score (nSPS) is 14.7. The van der Waals surface area contributed by atoms with Crippen LogP contribution in [0.2, 0.25) is 0 Å². The maximum Gasteiger partial charge on any atom is 0.259 e. The standard InChI is InChI=1S/C36H48N4O7S2/c1-2-32(48-25-30(37)24-42)35(45)40(46)20-18-33(43)39-31(34(44)38-19-22-47-23-21-41)26-49-36(27-12-6-3-7-13-27,28-14-8-4-9-15-28)29-16-10-5-11-17-29/h3-10,12-16,24,30-32,41,46H,2,11,17-23,25-26,37H2,1H3,(H,38,44)(H,39,43). The second kappa shape index (κ2) is 21.6. The number of carbonyl (C=O) groups excluding carboxylic acids is 4. The number of aliphatic hydroxyl groups excluding tert-OH is 1. The van der Waals surface area contributed by atoms with Crippen LogP contribution in [-0.2, 0) is 28.7 Å². The van der Waals surface area contributed by atoms with E-state index >= 15 is 0 Å². The molecule has 0 radical (unpaired) electrons. The van der Waals surface area contributed by atoms with Gasteiger partial charge in [-0.3, -0.25) is 19.6 Å². The van der Waals surface area contributed by atoms with Gasteiger partial charge < -0.3 is 31.0 Å². The highest BCUT2D eigenvalue weighted by Gasteiger charge is 2.40. The number of aldehydes is 1. The molecule has 0 aromatic heterocycles. The van der Waals surface area contributed by atoms with Crippen molar-refractivity contribution >= 4 is 47.5 Å². The fourth-order valence-corrected chi connectivity index (χ4v) is 7.99. The van der Waals surface area contributed by atoms with Crippen molar-refractivity contribution in [3.8, 4) is 0 Å². The largest absolute Gasteiger partial charge is 0.394 e. The number of thioether (sulfide) groups is 2. The van der Waals surface area contributed by atoms with Crippen molar-refractivity contribution in [1.82, 2.24) is 15.7 Å². The molecule has 0 saturated carbocycles. The van der Waals surface area contributed by atoms with E-state index in [1.807, 2.05) is 36.4 Å². The molecule has 3 atom stereocenters. The van der Waals surface area contributed by atoms with Gasteiger partial charge in [0.15, 0.2) is 0 Å². The van der Waals surface area contributed by atoms with Gasteiger partial charge in [0.1, 0.15) is 12.3 Å². The van der Waals surface area contributed by atoms with Gasteiger partial charge in [-0.25, -0.2) is 5.06 Å². The van der Waals surface area contributed by atoms with E-state index in [1.54, 1.807) is 18.7 Å². The van der Waals surface area contributed by atoms with Crippen molar-refractivity contribution in [3.05, 3.63) is 95.6 Å². The molecule has 1 aliphatic rings. The van der Waals surface area contributed by atoms with Gasteiger partial charge in [-0.15, -0.1) is 23.5 Å². The Bertz CT molecular complexity index is 1350. The molecule has 3 unspecified atom stereocenters. The number of nitrogens with two attached hydrogens (primary N) is 1. The molecular weight excluding hydrogens is 665 g/mol. The Morgan fingerprint density at radius 1 is 1.06 bits per heavy atom. The van der Waals surface area contributed by atoms with Crippen LogP contribution in [0.3, 0.4) is 0 Å². The minimum absolute atomic E-state index is 0.135. The molecule has 0 spiro atoms. The van der Waals surface area contributed by atoms with Crippen LogP contribution in [0.25, 0.3) is 0 Å². The molecule has 13 heteroatoms. The lowest BCUT2D eigenvalue weighted by Gasteiger charge is -2.39. The van der Waals surface area contributed by atoms with Gasteiger partial charge in [0, 0.05) is 24.5 Å². The number of aliphatic hydroxyl groups is 1. The van der Waals surface area contributed by atoms with E-state index in [1.165, 1.54) is 17.3 Å². The third-order valence-electron chi connectivity index (χ3n) is 7.84. The fraction of sp³-hybridized carbons (Fsp3) is 0.444. The van der Waals surface area contributed by atoms with Crippen molar-refractivity contribution in [2.75, 3.05) is 44.4 Å². The second-order valence-electron chi connectivity index (χ2n) is 11.4. The Labute approximate surface area is 297 Å². The molecule has 0 aliphatic heterocycles. The summed E-state index contributed by atoms with van der Waals surface area (Å²) in [5.74, 6) is -1.09. The zero-order valence-electron chi connectivity index (χ0n) is 27.9. The summed E-state index contributed by atoms with van der Waals surface area (Å²) in [6, 6.07) is 18.5. The van der Waals surface area contributed by atoms with Crippen LogP contribution in [0, 0.1) is 0 Å². The number of rotatable bonds is 22. The molecule has 266 valence electrons. The van der Waals surface area contributed by atoms with Crippen LogP contribution in [0.1, 0.15) is 43.7 Å². The lowest BCUT2D eigenvalue weighted by atomic mass is 9.80. The highest BCUT2D eigenvalue weighted by molar-refractivity contribution is 8.00. The number of nitrogens with one attached hydrogen (secondary N) is 2. The lowest BCUT2D eigenvalue weighted by molar-refractivity contribution is -0.165. The maximum absolute atomic E-state index is 13.6. The smallest absolute Gasteiger partial charge is 0.259 e. The summed E-state index contributed by atoms with van der Waals surface area (Å²) in [5.41, 5.74) is 8.91. The molecule has 0 saturated heterocycles. The lowest BCUT2D eigenvalue weighted by Crippen LogP contribution is -2.50. The van der Waals surface area contributed by atoms with Crippen LogP contribution in [0.5, 0.6) is 0 Å². The average Bonchev–Trinajstić information content (AvgIpc) is 3.14. The topological polar surface area (TPSA) is 171 Å². The number of carbonyl (C=O) groups is 4. The van der Waals surface area contributed by atoms with Gasteiger partial charge in [0.05, 0.1) is 42.4 Å². The summed E-state index contributed by atoms with van der Waals surface area (Å²) in [6.07, 6.45) is 8.76. The van der Waals surface area contributed by atoms with Crippen LogP contribution < -0.4 is 16.4 Å². The minimum atomic E-state index is -0.964. The molecular formula is C36H48N4O7S2. The van der Waals surface area contributed by atoms with Crippen molar-refractivity contribution in [3.63, 3.8) is 0 Å². The first-order chi connectivity index (χ1) is 23.8. The number of hydroxylamine groups is 2. The molecule has 0 heterocycles. The van der Waals surface area contributed by atoms with Crippen molar-refractivity contribution in [2.24, 2.45) is 5.73 Å². The molecule has 11 nitrogen and oxygen atoms in total. The first-order valence-electron chi connectivity index (χ1n) is 16.5. The Morgan fingerprint density at radius 2 is 1.73 bits per heavy atom. The number of ether oxygens (including phenoxy) is 1. The van der Waals surface area contributed by atoms with E-state index in [2.05, 4.69) is 53.1 Å². The van der Waals surface area contributed by atoms with Gasteiger partial charge in [-0.05, 0) is 36.0 Å². The summed E-state index contributed by atoms with van der Waals surface area (Å²) >= 11 is 2.73. The van der Waals surface area contributed by atoms with E-state index in [9.17, 15) is 24.4 Å². The summed E-state index contributed by atoms with van der Waals surface area (Å²) < 4.78 is 4.64. The van der Waals surface area contributed by atoms with Gasteiger partial charge in [-0.2, -0.15) is 0 Å². The van der Waals surface area contributed by atoms with Crippen LogP contribution in [0.15, 0.2) is 84.5 Å². The summed E-state index contributed by atoms with van der Waals surface area (Å²) in [5, 5.41) is 25.0. The predicted octanol–water partition coefficient (Wildman–Crippen LogP) is 3.20. The maximum atomic E-state index is 13.6. The monoisotopic (exact) mass is 712 g/mol. The number of hydrogen-bond donors (Lipinski definition) is 5. The summed E-state index contributed by atoms with van der Waals surface area (Å²) in [6.45, 7) is 1.87. The van der Waals surface area contributed by atoms with E-state index in [-0.39, 0.29) is 50.8 Å². The fourth-order valence-electron chi connectivity index (χ4n) is 5.35. The number of benzene rings is 2. The van der Waals surface area contributed by atoms with Gasteiger partial charge in [0.2, 0.25) is 11.8 Å². The first-order valence-corrected chi connectivity index (χ1v) is 18.5. The number of hydrogen-bond acceptors (Lipinski definition) is 10. The van der Waals surface area contributed by atoms with E-state index in [4.69, 9.17) is 15.6 Å². The van der Waals surface area contributed by atoms with E-state index in [0.29, 0.717) is 17.8 Å². The van der Waals surface area contributed by atoms with Crippen LogP contribution in [-0.4, -0.2) is 101 Å². The summed E-state index contributed by atoms with van der Waals surface area (Å²) in [4.78, 5) is 50.6. The Balaban J connectivity index is 1.82. The Kier molecular flexibility index (Phi) is 17.6. The SMILES string of the molecule is CCC(SCC(N)C=O)C(=O)N(O)CCC(=O)NC(CSC(C1=CC=CCC1)(c1ccccc1)c1ccccc1)C(=O)NCCOCCO. The van der Waals surface area contributed by atoms with Gasteiger partial charge in [-0.1, -0.05) is 85.8 Å². The number of amides is 3. The zero-order chi connectivity index (χ0) is 35.5. The number of nitrogens with zero attached hydrogens (tertiary/aromatic N) is 1. The van der Waals surface area contributed by atoms with Crippen molar-refractivity contribution in [1.29, 1.82) is 0 Å². The van der Waals surface area contributed by atoms with Crippen LogP contribution >= 0.6 is 23.5 Å². The Hall–Kier alpha value is -3.46. The zero-order valence-corrected chi connectivity index (χ0v) is 29.5. The molecule has 49 heavy (non-hydrogen) atoms. The molecule has 0 fully saturated rings. The van der Waals surface area contributed by atoms with Crippen molar-refractivity contribution in [2.45, 2.75) is 54.7 Å². The molecule has 0 bridgehead atoms. The molecule has 2 aromatic rings. The second-order valence-corrected chi connectivity index (χ2v) is 13.8. The third-order valence-corrected chi connectivity index (χ3v) is 11.0. The van der Waals surface area contributed by atoms with Crippen molar-refractivity contribution < 1.29 is 34.2 Å². The quantitative estimate of drug-likeness (QED) is 0.0529. The Morgan fingerprint density at radius 3 is 2.31 bits per heavy atom. The molecule has 1 aliphatic carbocycles. The molecule has 2 aromatic carbocycles. The molecule has 3 rings (SSSR count). The van der Waals surface area contributed by atoms with Crippen LogP contribution in [0.4, 0.5) is 0 Å². The first kappa shape index (κ1) is 40.0. The van der Waals surface area contributed by atoms with Gasteiger partial charge in [0.25, 0.3) is 5.91 Å². The van der Waals surface area contributed by atoms with Gasteiger partial charge >= 0.3 is 0 Å². The number of allylic oxidation sites excluding steroid dienone is 3. The summed E-state index contributed by atoms with van der Waals surface area (Å²) in [7, 11) is 0. The average molecular weight is 713 g/mol. The van der Waals surface area contributed by atoms with E-state index in [0.717, 1.165) is 24.0 Å². The van der Waals surface area contributed by atoms with E-state index < -0.39 is 39.8 Å². The molecule has 6 N–H and O–H groups in total. The predicted molar refractivity (Wildman–Crippen MR) is 194 cm³/mol. The third kappa shape index (κ3) is 12.1. The highest BCUT2D eigenvalue weighted by atomic mass is 32.2. The molecule has 3 amide bonds.